The number of guanidine groups is 1. The van der Waals surface area contributed by atoms with Gasteiger partial charge >= 0.3 is 0 Å². The van der Waals surface area contributed by atoms with E-state index in [-0.39, 0.29) is 5.96 Å². The molecule has 0 aromatic carbocycles. The molecule has 21 heavy (non-hydrogen) atoms. The molecule has 0 spiro atoms. The minimum atomic E-state index is -1.66. The fourth-order valence-electron chi connectivity index (χ4n) is 2.79. The molecule has 10 nitrogen and oxygen atoms in total. The van der Waals surface area contributed by atoms with Crippen molar-refractivity contribution in [3.63, 3.8) is 0 Å². The number of nitrogens with zero attached hydrogens (tertiary/aromatic N) is 3. The van der Waals surface area contributed by atoms with Gasteiger partial charge in [-0.1, -0.05) is 0 Å². The van der Waals surface area contributed by atoms with E-state index < -0.39 is 48.8 Å². The van der Waals surface area contributed by atoms with Gasteiger partial charge in [-0.05, 0) is 6.92 Å². The lowest BCUT2D eigenvalue weighted by Gasteiger charge is -2.36. The van der Waals surface area contributed by atoms with Crippen LogP contribution >= 0.6 is 0 Å². The largest absolute Gasteiger partial charge is 0.394 e. The second-order valence-corrected chi connectivity index (χ2v) is 5.45. The van der Waals surface area contributed by atoms with Crippen molar-refractivity contribution < 1.29 is 24.9 Å². The average molecular weight is 299 g/mol. The SMILES string of the molecule is C[C@@]1(O)[C@H](O)[C@@H](CO)O[C@H]1N1C=NC2C(=O)NC(N)=NC21. The number of ether oxygens (including phenoxy) is 1. The number of carbonyl (C=O) groups excluding carboxylic acids is 1. The fourth-order valence-corrected chi connectivity index (χ4v) is 2.79. The van der Waals surface area contributed by atoms with Crippen LogP contribution in [-0.2, 0) is 9.53 Å². The van der Waals surface area contributed by atoms with Gasteiger partial charge in [0.1, 0.15) is 17.8 Å². The Kier molecular flexibility index (Phi) is 3.13. The minimum absolute atomic E-state index is 0.0475. The summed E-state index contributed by atoms with van der Waals surface area (Å²) in [6.45, 7) is 0.938. The number of aliphatic hydroxyl groups is 3. The van der Waals surface area contributed by atoms with Gasteiger partial charge in [-0.25, -0.2) is 4.99 Å². The quantitative estimate of drug-likeness (QED) is 0.351. The first kappa shape index (κ1) is 14.2. The molecule has 0 aromatic rings. The van der Waals surface area contributed by atoms with E-state index in [4.69, 9.17) is 10.5 Å². The molecule has 0 bridgehead atoms. The van der Waals surface area contributed by atoms with Gasteiger partial charge in [-0.15, -0.1) is 0 Å². The Balaban J connectivity index is 1.90. The Morgan fingerprint density at radius 3 is 2.95 bits per heavy atom. The Morgan fingerprint density at radius 1 is 1.62 bits per heavy atom. The standard InChI is InChI=1S/C11H17N5O5/c1-11(20)6(18)4(2-17)21-9(11)16-3-13-5-7(16)14-10(12)15-8(5)19/h3-7,9,17-18,20H,2H2,1H3,(H3,12,14,15,19)/t4-,5?,6-,7?,9-,11-/m1/s1. The zero-order valence-corrected chi connectivity index (χ0v) is 11.2. The van der Waals surface area contributed by atoms with E-state index in [1.807, 2.05) is 0 Å². The topological polar surface area (TPSA) is 153 Å². The van der Waals surface area contributed by atoms with Crippen LogP contribution in [0.1, 0.15) is 6.92 Å². The van der Waals surface area contributed by atoms with Crippen molar-refractivity contribution in [3.05, 3.63) is 0 Å². The van der Waals surface area contributed by atoms with Gasteiger partial charge in [0.15, 0.2) is 24.4 Å². The maximum Gasteiger partial charge on any atom is 0.255 e. The molecule has 1 saturated heterocycles. The second-order valence-electron chi connectivity index (χ2n) is 5.45. The minimum Gasteiger partial charge on any atom is -0.394 e. The van der Waals surface area contributed by atoms with E-state index in [0.29, 0.717) is 0 Å². The molecule has 2 unspecified atom stereocenters. The second kappa shape index (κ2) is 4.63. The zero-order chi connectivity index (χ0) is 15.4. The highest BCUT2D eigenvalue weighted by atomic mass is 16.6. The van der Waals surface area contributed by atoms with E-state index >= 15 is 0 Å². The molecule has 0 saturated carbocycles. The van der Waals surface area contributed by atoms with Crippen LogP contribution in [0, 0.1) is 0 Å². The van der Waals surface area contributed by atoms with Gasteiger partial charge in [-0.3, -0.25) is 15.1 Å². The highest BCUT2D eigenvalue weighted by Gasteiger charge is 2.57. The van der Waals surface area contributed by atoms with Crippen LogP contribution in [0.5, 0.6) is 0 Å². The van der Waals surface area contributed by atoms with Crippen molar-refractivity contribution >= 4 is 18.2 Å². The molecule has 0 radical (unpaired) electrons. The Labute approximate surface area is 119 Å². The van der Waals surface area contributed by atoms with E-state index in [1.165, 1.54) is 18.2 Å². The molecule has 3 aliphatic rings. The van der Waals surface area contributed by atoms with Crippen LogP contribution in [0.2, 0.25) is 0 Å². The van der Waals surface area contributed by atoms with Crippen LogP contribution in [-0.4, -0.2) is 81.3 Å². The molecule has 3 heterocycles. The first-order valence-corrected chi connectivity index (χ1v) is 6.48. The molecule has 10 heteroatoms. The van der Waals surface area contributed by atoms with Gasteiger partial charge < -0.3 is 30.7 Å². The molecule has 0 aliphatic carbocycles. The van der Waals surface area contributed by atoms with Crippen molar-refractivity contribution in [2.45, 2.75) is 43.2 Å². The third-order valence-corrected chi connectivity index (χ3v) is 3.95. The summed E-state index contributed by atoms with van der Waals surface area (Å²) in [5.74, 6) is -0.447. The maximum absolute atomic E-state index is 11.8. The zero-order valence-electron chi connectivity index (χ0n) is 11.2. The van der Waals surface area contributed by atoms with Crippen LogP contribution in [0.25, 0.3) is 0 Å². The summed E-state index contributed by atoms with van der Waals surface area (Å²) in [6.07, 6.45) is -2.64. The summed E-state index contributed by atoms with van der Waals surface area (Å²) < 4.78 is 5.48. The summed E-state index contributed by atoms with van der Waals surface area (Å²) in [5, 5.41) is 32.0. The summed E-state index contributed by atoms with van der Waals surface area (Å²) in [4.78, 5) is 21.3. The molecule has 0 aromatic heterocycles. The summed E-state index contributed by atoms with van der Waals surface area (Å²) >= 11 is 0. The van der Waals surface area contributed by atoms with Gasteiger partial charge in [0.05, 0.1) is 12.9 Å². The van der Waals surface area contributed by atoms with E-state index in [2.05, 4.69) is 15.3 Å². The highest BCUT2D eigenvalue weighted by Crippen LogP contribution is 2.35. The molecule has 6 atom stereocenters. The van der Waals surface area contributed by atoms with Gasteiger partial charge in [-0.2, -0.15) is 0 Å². The summed E-state index contributed by atoms with van der Waals surface area (Å²) in [5.41, 5.74) is 3.87. The lowest BCUT2D eigenvalue weighted by atomic mass is 9.95. The number of aliphatic hydroxyl groups excluding tert-OH is 2. The highest BCUT2D eigenvalue weighted by molar-refractivity contribution is 6.02. The Hall–Kier alpha value is -1.75. The Bertz CT molecular complexity index is 521. The third kappa shape index (κ3) is 1.99. The lowest BCUT2D eigenvalue weighted by molar-refractivity contribution is -0.130. The Morgan fingerprint density at radius 2 is 2.33 bits per heavy atom. The number of rotatable bonds is 2. The average Bonchev–Trinajstić information content (AvgIpc) is 2.91. The van der Waals surface area contributed by atoms with E-state index in [1.54, 1.807) is 0 Å². The number of fused-ring (bicyclic) bond motifs is 1. The van der Waals surface area contributed by atoms with Gasteiger partial charge in [0.25, 0.3) is 5.91 Å². The van der Waals surface area contributed by atoms with Gasteiger partial charge in [0, 0.05) is 0 Å². The summed E-state index contributed by atoms with van der Waals surface area (Å²) in [7, 11) is 0. The number of nitrogens with one attached hydrogen (secondary N) is 1. The number of aliphatic imine (C=N–C) groups is 2. The van der Waals surface area contributed by atoms with Crippen molar-refractivity contribution in [1.82, 2.24) is 10.2 Å². The van der Waals surface area contributed by atoms with Crippen LogP contribution in [0.3, 0.4) is 0 Å². The van der Waals surface area contributed by atoms with E-state index in [9.17, 15) is 20.1 Å². The van der Waals surface area contributed by atoms with Crippen molar-refractivity contribution in [2.75, 3.05) is 6.61 Å². The molecule has 3 rings (SSSR count). The van der Waals surface area contributed by atoms with E-state index in [0.717, 1.165) is 0 Å². The predicted molar refractivity (Wildman–Crippen MR) is 70.0 cm³/mol. The lowest BCUT2D eigenvalue weighted by Crippen LogP contribution is -2.59. The molecular weight excluding hydrogens is 282 g/mol. The van der Waals surface area contributed by atoms with Gasteiger partial charge in [0.2, 0.25) is 0 Å². The monoisotopic (exact) mass is 299 g/mol. The van der Waals surface area contributed by atoms with Crippen LogP contribution in [0.15, 0.2) is 9.98 Å². The number of nitrogens with two attached hydrogens (primary N) is 1. The summed E-state index contributed by atoms with van der Waals surface area (Å²) in [6, 6.07) is -0.790. The molecule has 1 amide bonds. The predicted octanol–water partition coefficient (Wildman–Crippen LogP) is -3.70. The first-order valence-electron chi connectivity index (χ1n) is 6.48. The third-order valence-electron chi connectivity index (χ3n) is 3.95. The smallest absolute Gasteiger partial charge is 0.255 e. The number of carbonyl (C=O) groups is 1. The van der Waals surface area contributed by atoms with Crippen LogP contribution in [0.4, 0.5) is 0 Å². The fraction of sp³-hybridized carbons (Fsp3) is 0.727. The normalized spacial score (nSPS) is 45.5. The number of hydrogen-bond donors (Lipinski definition) is 5. The van der Waals surface area contributed by atoms with Crippen molar-refractivity contribution in [3.8, 4) is 0 Å². The molecule has 6 N–H and O–H groups in total. The van der Waals surface area contributed by atoms with Crippen molar-refractivity contribution in [1.29, 1.82) is 0 Å². The maximum atomic E-state index is 11.8. The number of hydrogen-bond acceptors (Lipinski definition) is 9. The molecule has 1 fully saturated rings. The van der Waals surface area contributed by atoms with Crippen LogP contribution < -0.4 is 11.1 Å². The number of amides is 1. The molecule has 116 valence electrons. The molecular formula is C11H17N5O5. The molecule has 3 aliphatic heterocycles. The van der Waals surface area contributed by atoms with Crippen molar-refractivity contribution in [2.24, 2.45) is 15.7 Å². The first-order chi connectivity index (χ1) is 9.86.